The van der Waals surface area contributed by atoms with Gasteiger partial charge in [-0.15, -0.1) is 0 Å². The number of amides is 3. The number of aliphatic carboxylic acids is 2. The zero-order chi connectivity index (χ0) is 24.5. The second-order valence-electron chi connectivity index (χ2n) is 7.35. The first-order valence-electron chi connectivity index (χ1n) is 10.6. The average molecular weight is 461 g/mol. The van der Waals surface area contributed by atoms with Crippen molar-refractivity contribution in [3.8, 4) is 0 Å². The number of nitrogens with one attached hydrogen (secondary N) is 3. The number of carboxylic acids is 2. The fourth-order valence-corrected chi connectivity index (χ4v) is 2.74. The maximum absolute atomic E-state index is 12.5. The lowest BCUT2D eigenvalue weighted by atomic mass is 10.1. The average Bonchev–Trinajstić information content (AvgIpc) is 2.73. The van der Waals surface area contributed by atoms with Gasteiger partial charge in [-0.1, -0.05) is 6.42 Å². The van der Waals surface area contributed by atoms with Gasteiger partial charge in [0.2, 0.25) is 17.7 Å². The predicted octanol–water partition coefficient (Wildman–Crippen LogP) is -2.39. The van der Waals surface area contributed by atoms with Crippen LogP contribution in [0.15, 0.2) is 0 Å². The van der Waals surface area contributed by atoms with Crippen molar-refractivity contribution in [2.24, 2.45) is 17.2 Å². The second-order valence-corrected chi connectivity index (χ2v) is 7.35. The van der Waals surface area contributed by atoms with Gasteiger partial charge in [-0.2, -0.15) is 0 Å². The Morgan fingerprint density at radius 1 is 0.750 bits per heavy atom. The van der Waals surface area contributed by atoms with Gasteiger partial charge < -0.3 is 43.4 Å². The molecule has 0 rings (SSSR count). The fraction of sp³-hybridized carbons (Fsp3) is 0.737. The largest absolute Gasteiger partial charge is 0.481 e. The number of nitrogens with two attached hydrogens (primary N) is 3. The summed E-state index contributed by atoms with van der Waals surface area (Å²) in [4.78, 5) is 58.7. The summed E-state index contributed by atoms with van der Waals surface area (Å²) in [6.45, 7) is 0.450. The van der Waals surface area contributed by atoms with Crippen LogP contribution in [0, 0.1) is 0 Å². The summed E-state index contributed by atoms with van der Waals surface area (Å²) < 4.78 is 0. The number of rotatable bonds is 18. The molecule has 13 heteroatoms. The lowest BCUT2D eigenvalue weighted by molar-refractivity contribution is -0.143. The Kier molecular flexibility index (Phi) is 15.4. The van der Waals surface area contributed by atoms with Crippen LogP contribution in [0.25, 0.3) is 0 Å². The van der Waals surface area contributed by atoms with Crippen LogP contribution in [-0.2, 0) is 24.0 Å². The van der Waals surface area contributed by atoms with Crippen molar-refractivity contribution >= 4 is 29.7 Å². The normalized spacial score (nSPS) is 13.5. The van der Waals surface area contributed by atoms with E-state index in [4.69, 9.17) is 22.3 Å². The molecule has 0 aliphatic heterocycles. The monoisotopic (exact) mass is 460 g/mol. The smallest absolute Gasteiger partial charge is 0.326 e. The Hall–Kier alpha value is -2.77. The van der Waals surface area contributed by atoms with Crippen LogP contribution >= 0.6 is 0 Å². The van der Waals surface area contributed by atoms with Crippen molar-refractivity contribution in [2.75, 3.05) is 19.6 Å². The summed E-state index contributed by atoms with van der Waals surface area (Å²) in [6, 6.07) is -3.28. The quantitative estimate of drug-likeness (QED) is 0.101. The number of hydrogen-bond donors (Lipinski definition) is 8. The van der Waals surface area contributed by atoms with E-state index in [0.29, 0.717) is 38.8 Å². The zero-order valence-electron chi connectivity index (χ0n) is 18.2. The van der Waals surface area contributed by atoms with Crippen LogP contribution in [-0.4, -0.2) is 77.6 Å². The standard InChI is InChI=1S/C19H36N6O7/c20-9-3-1-5-12(22)17(29)23-11-15(26)24-13(6-2-4-10-21)18(30)25-14(19(31)32)7-8-16(27)28/h12-14H,1-11,20-22H2,(H,23,29)(H,24,26)(H,25,30)(H,27,28)(H,31,32). The molecule has 184 valence electrons. The van der Waals surface area contributed by atoms with Crippen LogP contribution in [0.3, 0.4) is 0 Å². The van der Waals surface area contributed by atoms with E-state index < -0.39 is 60.8 Å². The lowest BCUT2D eigenvalue weighted by Gasteiger charge is -2.21. The number of carbonyl (C=O) groups is 5. The van der Waals surface area contributed by atoms with Crippen molar-refractivity contribution in [1.29, 1.82) is 0 Å². The van der Waals surface area contributed by atoms with Gasteiger partial charge in [-0.25, -0.2) is 4.79 Å². The Bertz CT molecular complexity index is 631. The van der Waals surface area contributed by atoms with E-state index >= 15 is 0 Å². The van der Waals surface area contributed by atoms with Crippen molar-refractivity contribution < 1.29 is 34.2 Å². The van der Waals surface area contributed by atoms with Gasteiger partial charge in [0.05, 0.1) is 12.6 Å². The summed E-state index contributed by atoms with van der Waals surface area (Å²) in [5, 5.41) is 25.0. The van der Waals surface area contributed by atoms with Crippen molar-refractivity contribution in [1.82, 2.24) is 16.0 Å². The maximum atomic E-state index is 12.5. The van der Waals surface area contributed by atoms with Crippen LogP contribution < -0.4 is 33.2 Å². The molecule has 0 fully saturated rings. The molecule has 0 spiro atoms. The summed E-state index contributed by atoms with van der Waals surface area (Å²) in [7, 11) is 0. The molecule has 3 unspecified atom stereocenters. The minimum Gasteiger partial charge on any atom is -0.481 e. The number of hydrogen-bond acceptors (Lipinski definition) is 8. The van der Waals surface area contributed by atoms with E-state index in [1.165, 1.54) is 0 Å². The summed E-state index contributed by atoms with van der Waals surface area (Å²) in [5.74, 6) is -4.52. The Labute approximate surface area is 186 Å². The molecule has 11 N–H and O–H groups in total. The molecule has 0 saturated heterocycles. The fourth-order valence-electron chi connectivity index (χ4n) is 2.74. The first kappa shape index (κ1) is 29.2. The van der Waals surface area contributed by atoms with E-state index in [-0.39, 0.29) is 12.8 Å². The second kappa shape index (κ2) is 16.9. The molecule has 3 amide bonds. The highest BCUT2D eigenvalue weighted by atomic mass is 16.4. The zero-order valence-corrected chi connectivity index (χ0v) is 18.2. The maximum Gasteiger partial charge on any atom is 0.326 e. The molecule has 0 radical (unpaired) electrons. The Morgan fingerprint density at radius 2 is 1.34 bits per heavy atom. The summed E-state index contributed by atoms with van der Waals surface area (Å²) in [6.07, 6.45) is 2.32. The molecule has 0 saturated carbocycles. The van der Waals surface area contributed by atoms with Gasteiger partial charge in [0.15, 0.2) is 0 Å². The van der Waals surface area contributed by atoms with Gasteiger partial charge in [0.25, 0.3) is 0 Å². The third-order valence-corrected chi connectivity index (χ3v) is 4.59. The Balaban J connectivity index is 4.85. The van der Waals surface area contributed by atoms with Crippen molar-refractivity contribution in [3.05, 3.63) is 0 Å². The molecule has 0 bridgehead atoms. The van der Waals surface area contributed by atoms with Gasteiger partial charge in [0, 0.05) is 6.42 Å². The summed E-state index contributed by atoms with van der Waals surface area (Å²) in [5.41, 5.74) is 16.6. The molecule has 13 nitrogen and oxygen atoms in total. The molecule has 0 aromatic carbocycles. The number of carbonyl (C=O) groups excluding carboxylic acids is 3. The van der Waals surface area contributed by atoms with Gasteiger partial charge in [-0.05, 0) is 51.6 Å². The molecular formula is C19H36N6O7. The van der Waals surface area contributed by atoms with E-state index in [0.717, 1.165) is 6.42 Å². The topological polar surface area (TPSA) is 240 Å². The van der Waals surface area contributed by atoms with E-state index in [1.54, 1.807) is 0 Å². The number of carboxylic acid groups (broad SMARTS) is 2. The molecular weight excluding hydrogens is 424 g/mol. The van der Waals surface area contributed by atoms with Gasteiger partial charge >= 0.3 is 11.9 Å². The van der Waals surface area contributed by atoms with Crippen LogP contribution in [0.1, 0.15) is 51.4 Å². The van der Waals surface area contributed by atoms with Crippen LogP contribution in [0.5, 0.6) is 0 Å². The molecule has 0 aliphatic carbocycles. The lowest BCUT2D eigenvalue weighted by Crippen LogP contribution is -2.53. The minimum absolute atomic E-state index is 0.187. The van der Waals surface area contributed by atoms with Crippen molar-refractivity contribution in [3.63, 3.8) is 0 Å². The van der Waals surface area contributed by atoms with Gasteiger partial charge in [-0.3, -0.25) is 19.2 Å². The predicted molar refractivity (Wildman–Crippen MR) is 115 cm³/mol. The first-order valence-corrected chi connectivity index (χ1v) is 10.6. The highest BCUT2D eigenvalue weighted by molar-refractivity contribution is 5.92. The van der Waals surface area contributed by atoms with E-state index in [1.807, 2.05) is 0 Å². The van der Waals surface area contributed by atoms with E-state index in [2.05, 4.69) is 16.0 Å². The molecule has 0 aromatic rings. The molecule has 0 aliphatic rings. The highest BCUT2D eigenvalue weighted by Gasteiger charge is 2.27. The Morgan fingerprint density at radius 3 is 1.88 bits per heavy atom. The molecule has 32 heavy (non-hydrogen) atoms. The SMILES string of the molecule is NCCCCC(N)C(=O)NCC(=O)NC(CCCCN)C(=O)NC(CCC(=O)O)C(=O)O. The minimum atomic E-state index is -1.42. The molecule has 3 atom stereocenters. The van der Waals surface area contributed by atoms with E-state index in [9.17, 15) is 29.1 Å². The third kappa shape index (κ3) is 13.5. The van der Waals surface area contributed by atoms with Crippen molar-refractivity contribution in [2.45, 2.75) is 69.5 Å². The highest BCUT2D eigenvalue weighted by Crippen LogP contribution is 2.04. The molecule has 0 aromatic heterocycles. The summed E-state index contributed by atoms with van der Waals surface area (Å²) >= 11 is 0. The van der Waals surface area contributed by atoms with Crippen LogP contribution in [0.4, 0.5) is 0 Å². The first-order chi connectivity index (χ1) is 15.1. The molecule has 0 heterocycles. The third-order valence-electron chi connectivity index (χ3n) is 4.59. The van der Waals surface area contributed by atoms with Crippen LogP contribution in [0.2, 0.25) is 0 Å². The van der Waals surface area contributed by atoms with Gasteiger partial charge in [0.1, 0.15) is 12.1 Å². The number of unbranched alkanes of at least 4 members (excludes halogenated alkanes) is 2.